The van der Waals surface area contributed by atoms with Gasteiger partial charge < -0.3 is 11.1 Å². The number of thiophene rings is 2. The zero-order chi connectivity index (χ0) is 19.2. The largest absolute Gasteiger partial charge is 0.379 e. The molecular formula is C19H20ClF2N3S2. The summed E-state index contributed by atoms with van der Waals surface area (Å²) in [6.45, 7) is 2.61. The van der Waals surface area contributed by atoms with E-state index in [2.05, 4.69) is 16.4 Å². The van der Waals surface area contributed by atoms with E-state index in [9.17, 15) is 8.78 Å². The monoisotopic (exact) mass is 427 g/mol. The molecule has 3 N–H and O–H groups in total. The topological polar surface area (TPSA) is 50.9 Å². The van der Waals surface area contributed by atoms with E-state index in [1.165, 1.54) is 16.2 Å². The maximum absolute atomic E-state index is 14.0. The van der Waals surface area contributed by atoms with Crippen molar-refractivity contribution >= 4 is 50.2 Å². The van der Waals surface area contributed by atoms with Gasteiger partial charge in [-0.1, -0.05) is 17.7 Å². The van der Waals surface area contributed by atoms with Gasteiger partial charge in [0, 0.05) is 47.2 Å². The number of anilines is 1. The number of nitrogens with zero attached hydrogens (tertiary/aromatic N) is 1. The van der Waals surface area contributed by atoms with Gasteiger partial charge in [-0.2, -0.15) is 0 Å². The Morgan fingerprint density at radius 2 is 2.26 bits per heavy atom. The third kappa shape index (κ3) is 3.83. The van der Waals surface area contributed by atoms with Gasteiger partial charge in [-0.25, -0.2) is 13.8 Å². The van der Waals surface area contributed by atoms with Gasteiger partial charge in [0.15, 0.2) is 0 Å². The predicted octanol–water partition coefficient (Wildman–Crippen LogP) is 6.16. The van der Waals surface area contributed by atoms with E-state index in [4.69, 9.17) is 17.3 Å². The first-order chi connectivity index (χ1) is 12.8. The van der Waals surface area contributed by atoms with E-state index in [1.807, 2.05) is 18.4 Å². The molecule has 0 spiro atoms. The smallest absolute Gasteiger partial charge is 0.248 e. The standard InChI is InChI=1S/C19H20ClF2N3S2/c1-10-16-18(27-17(10)12-8-19(21,22)5-4-13(12)23)14(7-15(20)25-16)24-9-11-3-2-6-26-11/h2-3,6-7,12-13H,4-5,8-9,23H2,1H3,(H,24,25)/t12-,13-/m0/s1. The molecule has 0 radical (unpaired) electrons. The molecule has 0 amide bonds. The van der Waals surface area contributed by atoms with Crippen LogP contribution in [0.4, 0.5) is 14.5 Å². The van der Waals surface area contributed by atoms with Crippen LogP contribution in [0.3, 0.4) is 0 Å². The Balaban J connectivity index is 1.73. The molecule has 1 aliphatic carbocycles. The lowest BCUT2D eigenvalue weighted by atomic mass is 9.81. The van der Waals surface area contributed by atoms with Crippen molar-refractivity contribution in [3.8, 4) is 0 Å². The SMILES string of the molecule is Cc1c([C@H]2CC(F)(F)CC[C@@H]2N)sc2c(NCc3cccs3)cc(Cl)nc12. The molecule has 0 aliphatic heterocycles. The number of hydrogen-bond acceptors (Lipinski definition) is 5. The minimum Gasteiger partial charge on any atom is -0.379 e. The molecule has 27 heavy (non-hydrogen) atoms. The molecule has 144 valence electrons. The molecule has 2 atom stereocenters. The van der Waals surface area contributed by atoms with Crippen LogP contribution in [-0.2, 0) is 6.54 Å². The second kappa shape index (κ2) is 7.28. The number of pyridine rings is 1. The van der Waals surface area contributed by atoms with Gasteiger partial charge in [-0.3, -0.25) is 0 Å². The summed E-state index contributed by atoms with van der Waals surface area (Å²) in [7, 11) is 0. The molecular weight excluding hydrogens is 408 g/mol. The number of alkyl halides is 2. The fraction of sp³-hybridized carbons (Fsp3) is 0.421. The lowest BCUT2D eigenvalue weighted by Gasteiger charge is -2.33. The van der Waals surface area contributed by atoms with Crippen molar-refractivity contribution in [2.75, 3.05) is 5.32 Å². The first kappa shape index (κ1) is 19.1. The van der Waals surface area contributed by atoms with Gasteiger partial charge in [-0.05, 0) is 30.4 Å². The number of rotatable bonds is 4. The molecule has 1 aliphatic rings. The summed E-state index contributed by atoms with van der Waals surface area (Å²) < 4.78 is 29.0. The maximum Gasteiger partial charge on any atom is 0.248 e. The predicted molar refractivity (Wildman–Crippen MR) is 111 cm³/mol. The van der Waals surface area contributed by atoms with Crippen LogP contribution in [0.1, 0.15) is 40.5 Å². The second-order valence-corrected chi connectivity index (χ2v) is 9.54. The van der Waals surface area contributed by atoms with Gasteiger partial charge in [-0.15, -0.1) is 22.7 Å². The summed E-state index contributed by atoms with van der Waals surface area (Å²) >= 11 is 9.43. The molecule has 0 bridgehead atoms. The highest BCUT2D eigenvalue weighted by Crippen LogP contribution is 2.47. The van der Waals surface area contributed by atoms with Crippen molar-refractivity contribution in [3.05, 3.63) is 44.1 Å². The Labute approximate surface area is 169 Å². The first-order valence-electron chi connectivity index (χ1n) is 8.83. The van der Waals surface area contributed by atoms with Crippen molar-refractivity contribution < 1.29 is 8.78 Å². The Kier molecular flexibility index (Phi) is 5.14. The number of fused-ring (bicyclic) bond motifs is 1. The molecule has 3 heterocycles. The maximum atomic E-state index is 14.0. The molecule has 8 heteroatoms. The molecule has 0 saturated heterocycles. The van der Waals surface area contributed by atoms with Crippen LogP contribution in [0.2, 0.25) is 5.15 Å². The van der Waals surface area contributed by atoms with Gasteiger partial charge in [0.25, 0.3) is 0 Å². The van der Waals surface area contributed by atoms with Gasteiger partial charge >= 0.3 is 0 Å². The number of hydrogen-bond donors (Lipinski definition) is 2. The van der Waals surface area contributed by atoms with Crippen LogP contribution in [-0.4, -0.2) is 16.9 Å². The highest BCUT2D eigenvalue weighted by Gasteiger charge is 2.42. The highest BCUT2D eigenvalue weighted by molar-refractivity contribution is 7.20. The summed E-state index contributed by atoms with van der Waals surface area (Å²) in [6, 6.07) is 5.61. The lowest BCUT2D eigenvalue weighted by Crippen LogP contribution is -2.39. The average Bonchev–Trinajstić information content (AvgIpc) is 3.24. The zero-order valence-corrected chi connectivity index (χ0v) is 17.2. The summed E-state index contributed by atoms with van der Waals surface area (Å²) in [5.74, 6) is -3.01. The van der Waals surface area contributed by atoms with Crippen molar-refractivity contribution in [3.63, 3.8) is 0 Å². The minimum atomic E-state index is -2.66. The third-order valence-electron chi connectivity index (χ3n) is 5.13. The number of halogens is 3. The number of aryl methyl sites for hydroxylation is 1. The van der Waals surface area contributed by atoms with Crippen molar-refractivity contribution in [2.45, 2.75) is 50.6 Å². The van der Waals surface area contributed by atoms with E-state index in [-0.39, 0.29) is 24.8 Å². The molecule has 0 aromatic carbocycles. The van der Waals surface area contributed by atoms with Crippen molar-refractivity contribution in [1.82, 2.24) is 4.98 Å². The van der Waals surface area contributed by atoms with Gasteiger partial charge in [0.1, 0.15) is 5.15 Å². The van der Waals surface area contributed by atoms with Crippen LogP contribution in [0.15, 0.2) is 23.6 Å². The Morgan fingerprint density at radius 1 is 1.44 bits per heavy atom. The summed E-state index contributed by atoms with van der Waals surface area (Å²) in [4.78, 5) is 6.58. The average molecular weight is 428 g/mol. The number of nitrogens with two attached hydrogens (primary N) is 1. The van der Waals surface area contributed by atoms with E-state index >= 15 is 0 Å². The van der Waals surface area contributed by atoms with Crippen LogP contribution in [0.5, 0.6) is 0 Å². The van der Waals surface area contributed by atoms with E-state index in [1.54, 1.807) is 17.4 Å². The molecule has 0 unspecified atom stereocenters. The van der Waals surface area contributed by atoms with Crippen molar-refractivity contribution in [2.24, 2.45) is 5.73 Å². The van der Waals surface area contributed by atoms with E-state index in [0.717, 1.165) is 26.3 Å². The Morgan fingerprint density at radius 3 is 3.00 bits per heavy atom. The van der Waals surface area contributed by atoms with Crippen LogP contribution in [0, 0.1) is 6.92 Å². The van der Waals surface area contributed by atoms with Crippen LogP contribution >= 0.6 is 34.3 Å². The molecule has 3 aromatic heterocycles. The fourth-order valence-electron chi connectivity index (χ4n) is 3.68. The molecule has 3 aromatic rings. The fourth-order valence-corrected chi connectivity index (χ4v) is 5.94. The number of nitrogens with one attached hydrogen (secondary N) is 1. The first-order valence-corrected chi connectivity index (χ1v) is 10.9. The van der Waals surface area contributed by atoms with E-state index in [0.29, 0.717) is 18.1 Å². The highest BCUT2D eigenvalue weighted by atomic mass is 35.5. The molecule has 3 nitrogen and oxygen atoms in total. The van der Waals surface area contributed by atoms with Gasteiger partial charge in [0.2, 0.25) is 5.92 Å². The van der Waals surface area contributed by atoms with Crippen LogP contribution < -0.4 is 11.1 Å². The summed E-state index contributed by atoms with van der Waals surface area (Å²) in [6.07, 6.45) is 0.00282. The Hall–Kier alpha value is -1.28. The summed E-state index contributed by atoms with van der Waals surface area (Å²) in [5.41, 5.74) is 8.80. The normalized spacial score (nSPS) is 22.3. The minimum absolute atomic E-state index is 0.133. The third-order valence-corrected chi connectivity index (χ3v) is 7.64. The summed E-state index contributed by atoms with van der Waals surface area (Å²) in [5, 5.41) is 5.84. The second-order valence-electron chi connectivity index (χ2n) is 7.06. The van der Waals surface area contributed by atoms with Crippen molar-refractivity contribution in [1.29, 1.82) is 0 Å². The lowest BCUT2D eigenvalue weighted by molar-refractivity contribution is -0.0448. The van der Waals surface area contributed by atoms with E-state index < -0.39 is 5.92 Å². The Bertz CT molecular complexity index is 956. The number of aromatic nitrogens is 1. The molecule has 1 fully saturated rings. The zero-order valence-electron chi connectivity index (χ0n) is 14.8. The quantitative estimate of drug-likeness (QED) is 0.490. The molecule has 1 saturated carbocycles. The van der Waals surface area contributed by atoms with Gasteiger partial charge in [0.05, 0.1) is 15.9 Å². The van der Waals surface area contributed by atoms with Crippen LogP contribution in [0.25, 0.3) is 10.2 Å². The molecule has 4 rings (SSSR count).